The van der Waals surface area contributed by atoms with Crippen molar-refractivity contribution in [3.05, 3.63) is 60.4 Å². The monoisotopic (exact) mass is 336 g/mol. The standard InChI is InChI=1S/C19H20N4O2/c1-14-9-21-23(11-14)17-3-2-8-22(12-17)19(24)16-6-4-15(5-7-16)18-10-20-13-25-18/h4-7,9-11,13,17H,2-3,8,12H2,1H3/t17-/m0/s1. The number of aromatic nitrogens is 3. The topological polar surface area (TPSA) is 64.2 Å². The molecule has 1 amide bonds. The summed E-state index contributed by atoms with van der Waals surface area (Å²) in [6.45, 7) is 3.52. The van der Waals surface area contributed by atoms with Crippen LogP contribution < -0.4 is 0 Å². The van der Waals surface area contributed by atoms with Crippen LogP contribution in [-0.4, -0.2) is 38.7 Å². The zero-order valence-electron chi connectivity index (χ0n) is 14.1. The van der Waals surface area contributed by atoms with Gasteiger partial charge in [-0.2, -0.15) is 5.10 Å². The number of benzene rings is 1. The van der Waals surface area contributed by atoms with E-state index < -0.39 is 0 Å². The van der Waals surface area contributed by atoms with Gasteiger partial charge >= 0.3 is 0 Å². The minimum atomic E-state index is 0.0673. The Balaban J connectivity index is 1.48. The Hall–Kier alpha value is -2.89. The number of likely N-dealkylation sites (tertiary alicyclic amines) is 1. The van der Waals surface area contributed by atoms with E-state index in [4.69, 9.17) is 4.42 Å². The molecule has 0 unspecified atom stereocenters. The lowest BCUT2D eigenvalue weighted by Crippen LogP contribution is -2.40. The smallest absolute Gasteiger partial charge is 0.253 e. The van der Waals surface area contributed by atoms with Crippen LogP contribution in [-0.2, 0) is 0 Å². The highest BCUT2D eigenvalue weighted by Gasteiger charge is 2.26. The van der Waals surface area contributed by atoms with Gasteiger partial charge in [-0.15, -0.1) is 0 Å². The molecular weight excluding hydrogens is 316 g/mol. The van der Waals surface area contributed by atoms with E-state index in [1.807, 2.05) is 53.2 Å². The largest absolute Gasteiger partial charge is 0.444 e. The Kier molecular flexibility index (Phi) is 4.09. The Morgan fingerprint density at radius 3 is 2.76 bits per heavy atom. The number of aryl methyl sites for hydroxylation is 1. The number of amides is 1. The SMILES string of the molecule is Cc1cnn([C@H]2CCCN(C(=O)c3ccc(-c4cnco4)cc3)C2)c1. The summed E-state index contributed by atoms with van der Waals surface area (Å²) in [5.74, 6) is 0.767. The summed E-state index contributed by atoms with van der Waals surface area (Å²) in [4.78, 5) is 18.7. The second-order valence-corrected chi connectivity index (χ2v) is 6.49. The maximum atomic E-state index is 12.8. The molecule has 0 spiro atoms. The van der Waals surface area contributed by atoms with Gasteiger partial charge < -0.3 is 9.32 Å². The molecule has 3 aromatic rings. The minimum Gasteiger partial charge on any atom is -0.444 e. The van der Waals surface area contributed by atoms with Crippen molar-refractivity contribution in [2.45, 2.75) is 25.8 Å². The molecule has 1 aliphatic rings. The third kappa shape index (κ3) is 3.20. The molecule has 1 atom stereocenters. The summed E-state index contributed by atoms with van der Waals surface area (Å²) in [6.07, 6.45) is 9.02. The van der Waals surface area contributed by atoms with Crippen molar-refractivity contribution < 1.29 is 9.21 Å². The van der Waals surface area contributed by atoms with Crippen molar-refractivity contribution >= 4 is 5.91 Å². The van der Waals surface area contributed by atoms with Gasteiger partial charge in [0.2, 0.25) is 0 Å². The summed E-state index contributed by atoms with van der Waals surface area (Å²) < 4.78 is 7.27. The molecule has 1 aromatic carbocycles. The van der Waals surface area contributed by atoms with Gasteiger partial charge in [0.1, 0.15) is 0 Å². The fourth-order valence-electron chi connectivity index (χ4n) is 3.31. The molecule has 1 fully saturated rings. The Labute approximate surface area is 146 Å². The van der Waals surface area contributed by atoms with E-state index in [2.05, 4.69) is 10.1 Å². The van der Waals surface area contributed by atoms with Crippen LogP contribution in [0.25, 0.3) is 11.3 Å². The summed E-state index contributed by atoms with van der Waals surface area (Å²) in [7, 11) is 0. The van der Waals surface area contributed by atoms with Crippen LogP contribution in [0.4, 0.5) is 0 Å². The second kappa shape index (κ2) is 6.55. The lowest BCUT2D eigenvalue weighted by atomic mass is 10.0. The van der Waals surface area contributed by atoms with Crippen molar-refractivity contribution in [1.82, 2.24) is 19.7 Å². The van der Waals surface area contributed by atoms with E-state index in [0.717, 1.165) is 30.5 Å². The first-order chi connectivity index (χ1) is 12.2. The molecule has 6 nitrogen and oxygen atoms in total. The van der Waals surface area contributed by atoms with Gasteiger partial charge in [0.05, 0.1) is 18.4 Å². The molecule has 0 saturated carbocycles. The average Bonchev–Trinajstić information content (AvgIpc) is 3.33. The highest BCUT2D eigenvalue weighted by Crippen LogP contribution is 2.24. The van der Waals surface area contributed by atoms with Gasteiger partial charge in [-0.25, -0.2) is 4.98 Å². The number of oxazole rings is 1. The van der Waals surface area contributed by atoms with Gasteiger partial charge in [-0.05, 0) is 37.5 Å². The normalized spacial score (nSPS) is 17.6. The lowest BCUT2D eigenvalue weighted by molar-refractivity contribution is 0.0673. The molecular formula is C19H20N4O2. The Morgan fingerprint density at radius 2 is 2.08 bits per heavy atom. The van der Waals surface area contributed by atoms with E-state index in [0.29, 0.717) is 17.9 Å². The predicted octanol–water partition coefficient (Wildman–Crippen LogP) is 3.32. The first kappa shape index (κ1) is 15.6. The number of piperidine rings is 1. The molecule has 0 radical (unpaired) electrons. The molecule has 3 heterocycles. The van der Waals surface area contributed by atoms with E-state index in [1.54, 1.807) is 6.20 Å². The molecule has 1 saturated heterocycles. The van der Waals surface area contributed by atoms with Crippen molar-refractivity contribution in [2.75, 3.05) is 13.1 Å². The van der Waals surface area contributed by atoms with Gasteiger partial charge in [-0.1, -0.05) is 12.1 Å². The molecule has 2 aromatic heterocycles. The summed E-state index contributed by atoms with van der Waals surface area (Å²) >= 11 is 0. The highest BCUT2D eigenvalue weighted by atomic mass is 16.3. The Bertz CT molecular complexity index is 852. The quantitative estimate of drug-likeness (QED) is 0.736. The first-order valence-electron chi connectivity index (χ1n) is 8.49. The number of carbonyl (C=O) groups is 1. The summed E-state index contributed by atoms with van der Waals surface area (Å²) in [5, 5.41) is 4.41. The van der Waals surface area contributed by atoms with E-state index in [9.17, 15) is 4.79 Å². The maximum absolute atomic E-state index is 12.8. The molecule has 25 heavy (non-hydrogen) atoms. The van der Waals surface area contributed by atoms with Crippen LogP contribution in [0.15, 0.2) is 53.7 Å². The van der Waals surface area contributed by atoms with E-state index in [-0.39, 0.29) is 11.9 Å². The fourth-order valence-corrected chi connectivity index (χ4v) is 3.31. The molecule has 4 rings (SSSR count). The number of hydrogen-bond acceptors (Lipinski definition) is 4. The Morgan fingerprint density at radius 1 is 1.24 bits per heavy atom. The lowest BCUT2D eigenvalue weighted by Gasteiger charge is -2.33. The van der Waals surface area contributed by atoms with Crippen molar-refractivity contribution in [3.63, 3.8) is 0 Å². The van der Waals surface area contributed by atoms with E-state index in [1.165, 1.54) is 6.39 Å². The molecule has 0 bridgehead atoms. The zero-order chi connectivity index (χ0) is 17.2. The molecule has 0 aliphatic carbocycles. The van der Waals surface area contributed by atoms with Gasteiger partial charge in [-0.3, -0.25) is 9.48 Å². The zero-order valence-corrected chi connectivity index (χ0v) is 14.1. The predicted molar refractivity (Wildman–Crippen MR) is 93.1 cm³/mol. The second-order valence-electron chi connectivity index (χ2n) is 6.49. The molecule has 0 N–H and O–H groups in total. The third-order valence-electron chi connectivity index (χ3n) is 4.64. The van der Waals surface area contributed by atoms with E-state index >= 15 is 0 Å². The van der Waals surface area contributed by atoms with Crippen LogP contribution in [0, 0.1) is 6.92 Å². The summed E-state index contributed by atoms with van der Waals surface area (Å²) in [5.41, 5.74) is 2.75. The fraction of sp³-hybridized carbons (Fsp3) is 0.316. The van der Waals surface area contributed by atoms with Crippen molar-refractivity contribution in [2.24, 2.45) is 0 Å². The number of hydrogen-bond donors (Lipinski definition) is 0. The third-order valence-corrected chi connectivity index (χ3v) is 4.64. The average molecular weight is 336 g/mol. The summed E-state index contributed by atoms with van der Waals surface area (Å²) in [6, 6.07) is 7.74. The van der Waals surface area contributed by atoms with Gasteiger partial charge in [0.25, 0.3) is 5.91 Å². The highest BCUT2D eigenvalue weighted by molar-refractivity contribution is 5.94. The number of carbonyl (C=O) groups excluding carboxylic acids is 1. The van der Waals surface area contributed by atoms with Crippen LogP contribution in [0.2, 0.25) is 0 Å². The molecule has 128 valence electrons. The van der Waals surface area contributed by atoms with Crippen LogP contribution in [0.3, 0.4) is 0 Å². The van der Waals surface area contributed by atoms with Crippen molar-refractivity contribution in [1.29, 1.82) is 0 Å². The van der Waals surface area contributed by atoms with Crippen molar-refractivity contribution in [3.8, 4) is 11.3 Å². The maximum Gasteiger partial charge on any atom is 0.253 e. The van der Waals surface area contributed by atoms with Gasteiger partial charge in [0.15, 0.2) is 12.2 Å². The molecule has 6 heteroatoms. The molecule has 1 aliphatic heterocycles. The van der Waals surface area contributed by atoms with Crippen LogP contribution in [0.5, 0.6) is 0 Å². The number of rotatable bonds is 3. The van der Waals surface area contributed by atoms with Gasteiger partial charge in [0, 0.05) is 30.4 Å². The van der Waals surface area contributed by atoms with Crippen LogP contribution >= 0.6 is 0 Å². The first-order valence-corrected chi connectivity index (χ1v) is 8.49. The number of nitrogens with zero attached hydrogens (tertiary/aromatic N) is 4. The van der Waals surface area contributed by atoms with Crippen LogP contribution in [0.1, 0.15) is 34.8 Å². The minimum absolute atomic E-state index is 0.0673.